The molecule has 1 fully saturated rings. The van der Waals surface area contributed by atoms with Crippen molar-refractivity contribution in [3.63, 3.8) is 0 Å². The summed E-state index contributed by atoms with van der Waals surface area (Å²) < 4.78 is 0. The van der Waals surface area contributed by atoms with Crippen LogP contribution in [0.5, 0.6) is 0 Å². The third kappa shape index (κ3) is 4.94. The van der Waals surface area contributed by atoms with Gasteiger partial charge in [0.05, 0.1) is 4.92 Å². The Morgan fingerprint density at radius 2 is 1.72 bits per heavy atom. The van der Waals surface area contributed by atoms with Crippen molar-refractivity contribution in [1.29, 1.82) is 0 Å². The fourth-order valence-electron chi connectivity index (χ4n) is 4.09. The van der Waals surface area contributed by atoms with Crippen molar-refractivity contribution >= 4 is 23.0 Å². The van der Waals surface area contributed by atoms with Gasteiger partial charge < -0.3 is 10.2 Å². The van der Waals surface area contributed by atoms with Crippen LogP contribution < -0.4 is 10.2 Å². The average molecular weight is 396 g/mol. The summed E-state index contributed by atoms with van der Waals surface area (Å²) in [6.45, 7) is 10.1. The molecule has 1 N–H and O–H groups in total. The van der Waals surface area contributed by atoms with Gasteiger partial charge in [0.25, 0.3) is 11.6 Å². The first-order valence-electron chi connectivity index (χ1n) is 10.2. The Balaban J connectivity index is 1.82. The van der Waals surface area contributed by atoms with Gasteiger partial charge in [0.15, 0.2) is 0 Å². The predicted molar refractivity (Wildman–Crippen MR) is 117 cm³/mol. The number of anilines is 2. The first-order valence-corrected chi connectivity index (χ1v) is 10.2. The van der Waals surface area contributed by atoms with Crippen LogP contribution in [0.1, 0.15) is 56.0 Å². The van der Waals surface area contributed by atoms with Crippen LogP contribution in [0, 0.1) is 22.0 Å². The SMILES string of the molecule is CC(C)c1ccc(NC(=O)c2ccc(N3C[C@H](C)C[C@H](C)C3)c([N+](=O)[O-])c2)cc1. The number of hydrogen-bond acceptors (Lipinski definition) is 4. The second kappa shape index (κ2) is 8.64. The van der Waals surface area contributed by atoms with Gasteiger partial charge in [-0.15, -0.1) is 0 Å². The van der Waals surface area contributed by atoms with E-state index in [1.165, 1.54) is 11.6 Å². The first kappa shape index (κ1) is 20.8. The highest BCUT2D eigenvalue weighted by Crippen LogP contribution is 2.34. The number of hydrogen-bond donors (Lipinski definition) is 1. The molecule has 3 rings (SSSR count). The largest absolute Gasteiger partial charge is 0.365 e. The molecule has 2 aromatic rings. The highest BCUT2D eigenvalue weighted by Gasteiger charge is 2.27. The van der Waals surface area contributed by atoms with Crippen LogP contribution in [-0.4, -0.2) is 23.9 Å². The lowest BCUT2D eigenvalue weighted by Gasteiger charge is -2.36. The van der Waals surface area contributed by atoms with Crippen molar-refractivity contribution in [1.82, 2.24) is 0 Å². The molecular formula is C23H29N3O3. The zero-order valence-corrected chi connectivity index (χ0v) is 17.5. The number of nitro benzene ring substituents is 1. The van der Waals surface area contributed by atoms with E-state index in [0.717, 1.165) is 19.5 Å². The molecule has 0 radical (unpaired) electrons. The zero-order chi connectivity index (χ0) is 21.1. The number of rotatable bonds is 5. The monoisotopic (exact) mass is 395 g/mol. The van der Waals surface area contributed by atoms with Crippen molar-refractivity contribution in [2.75, 3.05) is 23.3 Å². The fourth-order valence-corrected chi connectivity index (χ4v) is 4.09. The van der Waals surface area contributed by atoms with E-state index in [-0.39, 0.29) is 17.2 Å². The van der Waals surface area contributed by atoms with Crippen LogP contribution in [0.3, 0.4) is 0 Å². The fraction of sp³-hybridized carbons (Fsp3) is 0.435. The van der Waals surface area contributed by atoms with E-state index in [4.69, 9.17) is 0 Å². The van der Waals surface area contributed by atoms with Gasteiger partial charge in [-0.3, -0.25) is 14.9 Å². The van der Waals surface area contributed by atoms with Crippen LogP contribution in [-0.2, 0) is 0 Å². The van der Waals surface area contributed by atoms with Crippen molar-refractivity contribution < 1.29 is 9.72 Å². The average Bonchev–Trinajstić information content (AvgIpc) is 2.67. The molecule has 1 amide bonds. The van der Waals surface area contributed by atoms with Crippen LogP contribution in [0.15, 0.2) is 42.5 Å². The van der Waals surface area contributed by atoms with E-state index in [1.54, 1.807) is 12.1 Å². The maximum Gasteiger partial charge on any atom is 0.293 e. The molecule has 0 saturated carbocycles. The third-order valence-electron chi connectivity index (χ3n) is 5.48. The quantitative estimate of drug-likeness (QED) is 0.539. The number of carbonyl (C=O) groups excluding carboxylic acids is 1. The van der Waals surface area contributed by atoms with E-state index < -0.39 is 4.92 Å². The zero-order valence-electron chi connectivity index (χ0n) is 17.5. The maximum absolute atomic E-state index is 12.7. The molecule has 29 heavy (non-hydrogen) atoms. The minimum atomic E-state index is -0.395. The lowest BCUT2D eigenvalue weighted by Crippen LogP contribution is -2.39. The summed E-state index contributed by atoms with van der Waals surface area (Å²) in [4.78, 5) is 26.0. The summed E-state index contributed by atoms with van der Waals surface area (Å²) in [7, 11) is 0. The normalized spacial score (nSPS) is 19.3. The second-order valence-corrected chi connectivity index (χ2v) is 8.54. The number of amides is 1. The number of nitrogens with one attached hydrogen (secondary N) is 1. The highest BCUT2D eigenvalue weighted by atomic mass is 16.6. The number of nitro groups is 1. The smallest absolute Gasteiger partial charge is 0.293 e. The third-order valence-corrected chi connectivity index (χ3v) is 5.48. The first-order chi connectivity index (χ1) is 13.7. The predicted octanol–water partition coefficient (Wildman–Crippen LogP) is 5.45. The Labute approximate surface area is 172 Å². The van der Waals surface area contributed by atoms with E-state index in [0.29, 0.717) is 29.1 Å². The second-order valence-electron chi connectivity index (χ2n) is 8.54. The number of piperidine rings is 1. The molecule has 0 bridgehead atoms. The van der Waals surface area contributed by atoms with Gasteiger partial charge >= 0.3 is 0 Å². The van der Waals surface area contributed by atoms with Crippen molar-refractivity contribution in [2.24, 2.45) is 11.8 Å². The van der Waals surface area contributed by atoms with Crippen LogP contribution >= 0.6 is 0 Å². The van der Waals surface area contributed by atoms with Gasteiger partial charge in [-0.05, 0) is 54.0 Å². The van der Waals surface area contributed by atoms with Gasteiger partial charge in [0, 0.05) is 30.4 Å². The number of nitrogens with zero attached hydrogens (tertiary/aromatic N) is 2. The maximum atomic E-state index is 12.7. The summed E-state index contributed by atoms with van der Waals surface area (Å²) in [6.07, 6.45) is 1.13. The Morgan fingerprint density at radius 1 is 1.10 bits per heavy atom. The van der Waals surface area contributed by atoms with E-state index in [2.05, 4.69) is 37.9 Å². The Hall–Kier alpha value is -2.89. The van der Waals surface area contributed by atoms with Gasteiger partial charge in [0.1, 0.15) is 5.69 Å². The number of carbonyl (C=O) groups is 1. The van der Waals surface area contributed by atoms with Gasteiger partial charge in [-0.25, -0.2) is 0 Å². The molecule has 6 nitrogen and oxygen atoms in total. The van der Waals surface area contributed by atoms with Crippen molar-refractivity contribution in [3.05, 3.63) is 63.7 Å². The van der Waals surface area contributed by atoms with Gasteiger partial charge in [-0.1, -0.05) is 39.8 Å². The molecule has 2 aromatic carbocycles. The molecule has 1 aliphatic rings. The highest BCUT2D eigenvalue weighted by molar-refractivity contribution is 6.05. The minimum absolute atomic E-state index is 0.0193. The molecule has 1 saturated heterocycles. The molecule has 2 atom stereocenters. The van der Waals surface area contributed by atoms with Crippen LogP contribution in [0.4, 0.5) is 17.1 Å². The van der Waals surface area contributed by atoms with Crippen LogP contribution in [0.2, 0.25) is 0 Å². The molecule has 1 aliphatic heterocycles. The summed E-state index contributed by atoms with van der Waals surface area (Å²) in [5, 5.41) is 14.5. The van der Waals surface area contributed by atoms with Crippen molar-refractivity contribution in [2.45, 2.75) is 40.0 Å². The van der Waals surface area contributed by atoms with Crippen LogP contribution in [0.25, 0.3) is 0 Å². The topological polar surface area (TPSA) is 75.5 Å². The molecule has 6 heteroatoms. The Bertz CT molecular complexity index is 883. The summed E-state index contributed by atoms with van der Waals surface area (Å²) in [6, 6.07) is 12.4. The summed E-state index contributed by atoms with van der Waals surface area (Å²) in [5.74, 6) is 1.03. The lowest BCUT2D eigenvalue weighted by molar-refractivity contribution is -0.384. The molecule has 0 spiro atoms. The van der Waals surface area contributed by atoms with E-state index >= 15 is 0 Å². The molecular weight excluding hydrogens is 366 g/mol. The van der Waals surface area contributed by atoms with Crippen molar-refractivity contribution in [3.8, 4) is 0 Å². The molecule has 0 aliphatic carbocycles. The Morgan fingerprint density at radius 3 is 2.28 bits per heavy atom. The standard InChI is InChI=1S/C23H29N3O3/c1-15(2)18-5-8-20(9-6-18)24-23(27)19-7-10-21(22(12-19)26(28)29)25-13-16(3)11-17(4)14-25/h5-10,12,15-17H,11,13-14H2,1-4H3,(H,24,27)/t16-,17+. The van der Waals surface area contributed by atoms with E-state index in [9.17, 15) is 14.9 Å². The minimum Gasteiger partial charge on any atom is -0.365 e. The van der Waals surface area contributed by atoms with Gasteiger partial charge in [-0.2, -0.15) is 0 Å². The summed E-state index contributed by atoms with van der Waals surface area (Å²) in [5.41, 5.74) is 2.71. The Kier molecular flexibility index (Phi) is 6.20. The lowest BCUT2D eigenvalue weighted by atomic mass is 9.91. The molecule has 154 valence electrons. The summed E-state index contributed by atoms with van der Waals surface area (Å²) >= 11 is 0. The molecule has 0 unspecified atom stereocenters. The van der Waals surface area contributed by atoms with Gasteiger partial charge in [0.2, 0.25) is 0 Å². The number of benzene rings is 2. The molecule has 1 heterocycles. The molecule has 0 aromatic heterocycles. The van der Waals surface area contributed by atoms with E-state index in [1.807, 2.05) is 24.3 Å².